The van der Waals surface area contributed by atoms with E-state index in [-0.39, 0.29) is 11.3 Å². The average molecular weight is 185 g/mol. The van der Waals surface area contributed by atoms with E-state index in [1.807, 2.05) is 0 Å². The molecule has 1 aromatic rings. The highest BCUT2D eigenvalue weighted by Crippen LogP contribution is 2.31. The lowest BCUT2D eigenvalue weighted by Gasteiger charge is -2.21. The molecular formula is C10H13F2N. The first-order valence-electron chi connectivity index (χ1n) is 4.08. The molecule has 0 heterocycles. The standard InChI is InChI=1S/C10H13F2N/c1-10(2,3)8-6(11)4-5-7(12)9(8)13/h4-5H,13H2,1-3H3. The van der Waals surface area contributed by atoms with Crippen LogP contribution in [0.1, 0.15) is 26.3 Å². The molecule has 0 aliphatic rings. The maximum absolute atomic E-state index is 13.3. The zero-order valence-corrected chi connectivity index (χ0v) is 7.99. The summed E-state index contributed by atoms with van der Waals surface area (Å²) in [4.78, 5) is 0. The highest BCUT2D eigenvalue weighted by atomic mass is 19.1. The summed E-state index contributed by atoms with van der Waals surface area (Å²) in [5, 5.41) is 0. The number of rotatable bonds is 0. The minimum atomic E-state index is -0.564. The van der Waals surface area contributed by atoms with E-state index in [4.69, 9.17) is 5.73 Å². The number of nitrogens with two attached hydrogens (primary N) is 1. The van der Waals surface area contributed by atoms with Crippen molar-refractivity contribution in [3.8, 4) is 0 Å². The predicted molar refractivity (Wildman–Crippen MR) is 49.5 cm³/mol. The minimum absolute atomic E-state index is 0.0903. The van der Waals surface area contributed by atoms with Crippen molar-refractivity contribution >= 4 is 5.69 Å². The molecule has 0 aliphatic carbocycles. The van der Waals surface area contributed by atoms with E-state index in [0.29, 0.717) is 0 Å². The van der Waals surface area contributed by atoms with Crippen LogP contribution in [-0.2, 0) is 5.41 Å². The first-order valence-corrected chi connectivity index (χ1v) is 4.08. The van der Waals surface area contributed by atoms with Gasteiger partial charge >= 0.3 is 0 Å². The van der Waals surface area contributed by atoms with Crippen LogP contribution in [0.5, 0.6) is 0 Å². The van der Waals surface area contributed by atoms with Crippen molar-refractivity contribution in [3.63, 3.8) is 0 Å². The largest absolute Gasteiger partial charge is 0.396 e. The molecule has 1 rings (SSSR count). The van der Waals surface area contributed by atoms with E-state index in [2.05, 4.69) is 0 Å². The molecule has 0 bridgehead atoms. The Labute approximate surface area is 76.6 Å². The predicted octanol–water partition coefficient (Wildman–Crippen LogP) is 2.84. The fourth-order valence-corrected chi connectivity index (χ4v) is 1.33. The van der Waals surface area contributed by atoms with Gasteiger partial charge in [0.2, 0.25) is 0 Å². The quantitative estimate of drug-likeness (QED) is 0.618. The molecular weight excluding hydrogens is 172 g/mol. The molecule has 0 radical (unpaired) electrons. The molecule has 0 amide bonds. The van der Waals surface area contributed by atoms with E-state index < -0.39 is 17.0 Å². The zero-order valence-electron chi connectivity index (χ0n) is 7.99. The number of benzene rings is 1. The van der Waals surface area contributed by atoms with Gasteiger partial charge in [-0.3, -0.25) is 0 Å². The molecule has 0 saturated carbocycles. The second kappa shape index (κ2) is 2.98. The van der Waals surface area contributed by atoms with Gasteiger partial charge in [-0.2, -0.15) is 0 Å². The summed E-state index contributed by atoms with van der Waals surface area (Å²) in [7, 11) is 0. The van der Waals surface area contributed by atoms with Crippen LogP contribution in [0.25, 0.3) is 0 Å². The molecule has 0 aliphatic heterocycles. The Morgan fingerprint density at radius 1 is 1.08 bits per heavy atom. The van der Waals surface area contributed by atoms with Gasteiger partial charge in [0.05, 0.1) is 5.69 Å². The van der Waals surface area contributed by atoms with Crippen molar-refractivity contribution in [2.75, 3.05) is 5.73 Å². The van der Waals surface area contributed by atoms with Gasteiger partial charge in [0.1, 0.15) is 11.6 Å². The summed E-state index contributed by atoms with van der Waals surface area (Å²) >= 11 is 0. The van der Waals surface area contributed by atoms with Crippen LogP contribution in [0.4, 0.5) is 14.5 Å². The third-order valence-electron chi connectivity index (χ3n) is 1.89. The number of anilines is 1. The fraction of sp³-hybridized carbons (Fsp3) is 0.400. The maximum atomic E-state index is 13.3. The van der Waals surface area contributed by atoms with Crippen LogP contribution in [0.3, 0.4) is 0 Å². The monoisotopic (exact) mass is 185 g/mol. The second-order valence-corrected chi connectivity index (χ2v) is 4.07. The molecule has 2 N–H and O–H groups in total. The smallest absolute Gasteiger partial charge is 0.146 e. The SMILES string of the molecule is CC(C)(C)c1c(F)ccc(F)c1N. The molecule has 0 fully saturated rings. The van der Waals surface area contributed by atoms with Gasteiger partial charge in [-0.1, -0.05) is 20.8 Å². The summed E-state index contributed by atoms with van der Waals surface area (Å²) in [6, 6.07) is 2.15. The Kier molecular flexibility index (Phi) is 2.28. The van der Waals surface area contributed by atoms with Crippen molar-refractivity contribution in [2.24, 2.45) is 0 Å². The molecule has 0 atom stereocenters. The second-order valence-electron chi connectivity index (χ2n) is 4.07. The Hall–Kier alpha value is -1.12. The minimum Gasteiger partial charge on any atom is -0.396 e. The third kappa shape index (κ3) is 1.79. The molecule has 72 valence electrons. The molecule has 0 unspecified atom stereocenters. The number of nitrogen functional groups attached to an aromatic ring is 1. The van der Waals surface area contributed by atoms with Gasteiger partial charge in [-0.25, -0.2) is 8.78 Å². The Morgan fingerprint density at radius 3 is 1.92 bits per heavy atom. The lowest BCUT2D eigenvalue weighted by molar-refractivity contribution is 0.515. The van der Waals surface area contributed by atoms with Gasteiger partial charge in [0, 0.05) is 5.56 Å². The van der Waals surface area contributed by atoms with E-state index in [0.717, 1.165) is 12.1 Å². The van der Waals surface area contributed by atoms with Crippen molar-refractivity contribution < 1.29 is 8.78 Å². The average Bonchev–Trinajstić information content (AvgIpc) is 1.95. The highest BCUT2D eigenvalue weighted by molar-refractivity contribution is 5.52. The zero-order chi connectivity index (χ0) is 10.2. The van der Waals surface area contributed by atoms with E-state index >= 15 is 0 Å². The van der Waals surface area contributed by atoms with Crippen molar-refractivity contribution in [2.45, 2.75) is 26.2 Å². The lowest BCUT2D eigenvalue weighted by Crippen LogP contribution is -2.17. The van der Waals surface area contributed by atoms with Crippen molar-refractivity contribution in [1.29, 1.82) is 0 Å². The van der Waals surface area contributed by atoms with Crippen LogP contribution in [0.15, 0.2) is 12.1 Å². The van der Waals surface area contributed by atoms with Crippen LogP contribution in [0.2, 0.25) is 0 Å². The molecule has 1 nitrogen and oxygen atoms in total. The summed E-state index contributed by atoms with van der Waals surface area (Å²) in [5.41, 5.74) is 5.13. The van der Waals surface area contributed by atoms with Crippen molar-refractivity contribution in [1.82, 2.24) is 0 Å². The normalized spacial score (nSPS) is 11.8. The van der Waals surface area contributed by atoms with Gasteiger partial charge in [0.25, 0.3) is 0 Å². The summed E-state index contributed by atoms with van der Waals surface area (Å²) < 4.78 is 26.3. The van der Waals surface area contributed by atoms with Gasteiger partial charge in [-0.15, -0.1) is 0 Å². The molecule has 1 aromatic carbocycles. The lowest BCUT2D eigenvalue weighted by atomic mass is 9.85. The Balaban J connectivity index is 3.43. The van der Waals surface area contributed by atoms with Gasteiger partial charge in [-0.05, 0) is 17.5 Å². The summed E-state index contributed by atoms with van der Waals surface area (Å²) in [6.45, 7) is 5.38. The van der Waals surface area contributed by atoms with Gasteiger partial charge in [0.15, 0.2) is 0 Å². The highest BCUT2D eigenvalue weighted by Gasteiger charge is 2.23. The van der Waals surface area contributed by atoms with Crippen LogP contribution >= 0.6 is 0 Å². The van der Waals surface area contributed by atoms with Gasteiger partial charge < -0.3 is 5.73 Å². The molecule has 13 heavy (non-hydrogen) atoms. The molecule has 0 spiro atoms. The molecule has 0 saturated heterocycles. The van der Waals surface area contributed by atoms with E-state index in [1.165, 1.54) is 0 Å². The number of hydrogen-bond acceptors (Lipinski definition) is 1. The maximum Gasteiger partial charge on any atom is 0.146 e. The molecule has 0 aromatic heterocycles. The number of halogens is 2. The van der Waals surface area contributed by atoms with Crippen LogP contribution in [0, 0.1) is 11.6 Å². The van der Waals surface area contributed by atoms with Crippen LogP contribution in [-0.4, -0.2) is 0 Å². The van der Waals surface area contributed by atoms with Crippen molar-refractivity contribution in [3.05, 3.63) is 29.3 Å². The molecule has 3 heteroatoms. The Morgan fingerprint density at radius 2 is 1.54 bits per heavy atom. The number of hydrogen-bond donors (Lipinski definition) is 1. The van der Waals surface area contributed by atoms with E-state index in [1.54, 1.807) is 20.8 Å². The third-order valence-corrected chi connectivity index (χ3v) is 1.89. The first kappa shape index (κ1) is 9.96. The summed E-state index contributed by atoms with van der Waals surface area (Å²) in [6.07, 6.45) is 0. The Bertz CT molecular complexity index is 326. The van der Waals surface area contributed by atoms with E-state index in [9.17, 15) is 8.78 Å². The first-order chi connectivity index (χ1) is 5.84. The topological polar surface area (TPSA) is 26.0 Å². The summed E-state index contributed by atoms with van der Waals surface area (Å²) in [5.74, 6) is -1.02. The van der Waals surface area contributed by atoms with Crippen LogP contribution < -0.4 is 5.73 Å². The fourth-order valence-electron chi connectivity index (χ4n) is 1.33.